The van der Waals surface area contributed by atoms with E-state index in [1.165, 1.54) is 12.8 Å². The summed E-state index contributed by atoms with van der Waals surface area (Å²) in [5.74, 6) is 0.231. The van der Waals surface area contributed by atoms with Gasteiger partial charge in [-0.15, -0.1) is 0 Å². The Bertz CT molecular complexity index is 794. The van der Waals surface area contributed by atoms with Gasteiger partial charge in [0.2, 0.25) is 10.0 Å². The van der Waals surface area contributed by atoms with Crippen LogP contribution in [0.3, 0.4) is 0 Å². The third-order valence-corrected chi connectivity index (χ3v) is 6.15. The zero-order valence-electron chi connectivity index (χ0n) is 14.9. The molecule has 0 saturated heterocycles. The molecule has 0 unspecified atom stereocenters. The van der Waals surface area contributed by atoms with Gasteiger partial charge in [0.05, 0.1) is 29.7 Å². The molecular formula is C18H26N4O2S. The van der Waals surface area contributed by atoms with Crippen molar-refractivity contribution in [1.29, 1.82) is 0 Å². The van der Waals surface area contributed by atoms with Crippen molar-refractivity contribution in [2.24, 2.45) is 5.92 Å². The first-order chi connectivity index (χ1) is 11.9. The van der Waals surface area contributed by atoms with Crippen LogP contribution in [0.4, 0.5) is 0 Å². The SMILES string of the molecule is CC(C)CS(=O)(=O)NCc1cc(-c2ccncc2)n(C2CCCC2)n1. The first-order valence-corrected chi connectivity index (χ1v) is 10.6. The molecule has 7 heteroatoms. The Balaban J connectivity index is 1.83. The quantitative estimate of drug-likeness (QED) is 0.821. The molecular weight excluding hydrogens is 336 g/mol. The van der Waals surface area contributed by atoms with Crippen LogP contribution in [0.1, 0.15) is 51.3 Å². The van der Waals surface area contributed by atoms with Crippen molar-refractivity contribution in [2.45, 2.75) is 52.1 Å². The van der Waals surface area contributed by atoms with Gasteiger partial charge in [-0.1, -0.05) is 26.7 Å². The van der Waals surface area contributed by atoms with E-state index in [2.05, 4.69) is 14.4 Å². The van der Waals surface area contributed by atoms with Gasteiger partial charge in [-0.2, -0.15) is 5.10 Å². The Hall–Kier alpha value is -1.73. The van der Waals surface area contributed by atoms with Gasteiger partial charge in [0, 0.05) is 18.0 Å². The van der Waals surface area contributed by atoms with E-state index in [0.29, 0.717) is 6.04 Å². The topological polar surface area (TPSA) is 76.9 Å². The number of hydrogen-bond acceptors (Lipinski definition) is 4. The van der Waals surface area contributed by atoms with E-state index < -0.39 is 10.0 Å². The maximum atomic E-state index is 12.1. The lowest BCUT2D eigenvalue weighted by molar-refractivity contribution is 0.467. The largest absolute Gasteiger partial charge is 0.265 e. The van der Waals surface area contributed by atoms with Crippen LogP contribution in [0.2, 0.25) is 0 Å². The van der Waals surface area contributed by atoms with Crippen molar-refractivity contribution in [3.63, 3.8) is 0 Å². The highest BCUT2D eigenvalue weighted by atomic mass is 32.2. The number of aromatic nitrogens is 3. The summed E-state index contributed by atoms with van der Waals surface area (Å²) < 4.78 is 28.9. The second kappa shape index (κ2) is 7.66. The van der Waals surface area contributed by atoms with E-state index >= 15 is 0 Å². The third kappa shape index (κ3) is 4.67. The summed E-state index contributed by atoms with van der Waals surface area (Å²) >= 11 is 0. The fraction of sp³-hybridized carbons (Fsp3) is 0.556. The Morgan fingerprint density at radius 3 is 2.56 bits per heavy atom. The molecule has 25 heavy (non-hydrogen) atoms. The Morgan fingerprint density at radius 1 is 1.24 bits per heavy atom. The highest BCUT2D eigenvalue weighted by Gasteiger charge is 2.22. The molecule has 1 aliphatic rings. The van der Waals surface area contributed by atoms with Crippen LogP contribution in [-0.2, 0) is 16.6 Å². The minimum Gasteiger partial charge on any atom is -0.265 e. The summed E-state index contributed by atoms with van der Waals surface area (Å²) in [6, 6.07) is 6.32. The Morgan fingerprint density at radius 2 is 1.92 bits per heavy atom. The van der Waals surface area contributed by atoms with Crippen molar-refractivity contribution in [1.82, 2.24) is 19.5 Å². The zero-order valence-corrected chi connectivity index (χ0v) is 15.7. The molecule has 1 saturated carbocycles. The second-order valence-electron chi connectivity index (χ2n) is 7.14. The molecule has 136 valence electrons. The average molecular weight is 362 g/mol. The molecule has 0 atom stereocenters. The van der Waals surface area contributed by atoms with Gasteiger partial charge in [0.15, 0.2) is 0 Å². The summed E-state index contributed by atoms with van der Waals surface area (Å²) in [6.07, 6.45) is 8.22. The molecule has 0 aromatic carbocycles. The fourth-order valence-corrected chi connectivity index (χ4v) is 4.74. The van der Waals surface area contributed by atoms with Gasteiger partial charge >= 0.3 is 0 Å². The summed E-state index contributed by atoms with van der Waals surface area (Å²) in [7, 11) is -3.28. The number of rotatable bonds is 7. The number of nitrogens with one attached hydrogen (secondary N) is 1. The lowest BCUT2D eigenvalue weighted by Gasteiger charge is -2.14. The minimum absolute atomic E-state index is 0.0981. The van der Waals surface area contributed by atoms with E-state index in [9.17, 15) is 8.42 Å². The van der Waals surface area contributed by atoms with Crippen LogP contribution < -0.4 is 4.72 Å². The van der Waals surface area contributed by atoms with E-state index in [-0.39, 0.29) is 18.2 Å². The average Bonchev–Trinajstić information content (AvgIpc) is 3.22. The number of pyridine rings is 1. The normalized spacial score (nSPS) is 16.0. The summed E-state index contributed by atoms with van der Waals surface area (Å²) in [5.41, 5.74) is 2.85. The molecule has 2 heterocycles. The predicted molar refractivity (Wildman–Crippen MR) is 98.4 cm³/mol. The molecule has 0 aliphatic heterocycles. The van der Waals surface area contributed by atoms with E-state index in [0.717, 1.165) is 29.8 Å². The maximum Gasteiger partial charge on any atom is 0.212 e. The van der Waals surface area contributed by atoms with Crippen LogP contribution in [0.5, 0.6) is 0 Å². The van der Waals surface area contributed by atoms with Gasteiger partial charge in [0.1, 0.15) is 0 Å². The summed E-state index contributed by atoms with van der Waals surface area (Å²) in [5, 5.41) is 4.72. The van der Waals surface area contributed by atoms with Crippen LogP contribution >= 0.6 is 0 Å². The zero-order chi connectivity index (χ0) is 17.9. The number of sulfonamides is 1. The van der Waals surface area contributed by atoms with Crippen LogP contribution in [0.15, 0.2) is 30.6 Å². The molecule has 2 aromatic heterocycles. The van der Waals surface area contributed by atoms with Gasteiger partial charge in [0.25, 0.3) is 0 Å². The molecule has 1 aliphatic carbocycles. The first-order valence-electron chi connectivity index (χ1n) is 8.91. The summed E-state index contributed by atoms with van der Waals surface area (Å²) in [4.78, 5) is 4.08. The summed E-state index contributed by atoms with van der Waals surface area (Å²) in [6.45, 7) is 4.03. The first kappa shape index (κ1) is 18.1. The molecule has 2 aromatic rings. The molecule has 6 nitrogen and oxygen atoms in total. The molecule has 0 amide bonds. The van der Waals surface area contributed by atoms with Crippen molar-refractivity contribution >= 4 is 10.0 Å². The van der Waals surface area contributed by atoms with Crippen LogP contribution in [0, 0.1) is 5.92 Å². The second-order valence-corrected chi connectivity index (χ2v) is 8.99. The highest BCUT2D eigenvalue weighted by Crippen LogP contribution is 2.33. The van der Waals surface area contributed by atoms with E-state index in [1.807, 2.05) is 32.0 Å². The monoisotopic (exact) mass is 362 g/mol. The molecule has 0 spiro atoms. The Kier molecular flexibility index (Phi) is 5.54. The fourth-order valence-electron chi connectivity index (χ4n) is 3.38. The van der Waals surface area contributed by atoms with E-state index in [1.54, 1.807) is 12.4 Å². The Labute approximate surface area is 149 Å². The number of nitrogens with zero attached hydrogens (tertiary/aromatic N) is 3. The molecule has 1 N–H and O–H groups in total. The van der Waals surface area contributed by atoms with Crippen LogP contribution in [0.25, 0.3) is 11.3 Å². The van der Waals surface area contributed by atoms with Gasteiger partial charge in [-0.3, -0.25) is 9.67 Å². The van der Waals surface area contributed by atoms with Crippen LogP contribution in [-0.4, -0.2) is 28.9 Å². The van der Waals surface area contributed by atoms with Gasteiger partial charge in [-0.05, 0) is 37.0 Å². The minimum atomic E-state index is -3.28. The van der Waals surface area contributed by atoms with Crippen molar-refractivity contribution in [3.8, 4) is 11.3 Å². The smallest absolute Gasteiger partial charge is 0.212 e. The standard InChI is InChI=1S/C18H26N4O2S/c1-14(2)13-25(23,24)20-12-16-11-18(15-7-9-19-10-8-15)22(21-16)17-5-3-4-6-17/h7-11,14,17,20H,3-6,12-13H2,1-2H3. The third-order valence-electron chi connectivity index (χ3n) is 4.46. The lowest BCUT2D eigenvalue weighted by atomic mass is 10.1. The highest BCUT2D eigenvalue weighted by molar-refractivity contribution is 7.89. The van der Waals surface area contributed by atoms with Crippen molar-refractivity contribution < 1.29 is 8.42 Å². The van der Waals surface area contributed by atoms with Crippen molar-refractivity contribution in [2.75, 3.05) is 5.75 Å². The molecule has 1 fully saturated rings. The number of hydrogen-bond donors (Lipinski definition) is 1. The van der Waals surface area contributed by atoms with E-state index in [4.69, 9.17) is 5.10 Å². The van der Waals surface area contributed by atoms with Gasteiger partial charge < -0.3 is 0 Å². The predicted octanol–water partition coefficient (Wildman–Crippen LogP) is 3.14. The van der Waals surface area contributed by atoms with Crippen molar-refractivity contribution in [3.05, 3.63) is 36.3 Å². The molecule has 0 bridgehead atoms. The molecule has 0 radical (unpaired) electrons. The maximum absolute atomic E-state index is 12.1. The molecule has 3 rings (SSSR count). The van der Waals surface area contributed by atoms with Gasteiger partial charge in [-0.25, -0.2) is 13.1 Å². The lowest BCUT2D eigenvalue weighted by Crippen LogP contribution is -2.28.